The molecule has 0 radical (unpaired) electrons. The van der Waals surface area contributed by atoms with Gasteiger partial charge in [-0.05, 0) is 30.5 Å². The number of morpholine rings is 1. The van der Waals surface area contributed by atoms with Gasteiger partial charge in [0.15, 0.2) is 0 Å². The Morgan fingerprint density at radius 1 is 1.25 bits per heavy atom. The Bertz CT molecular complexity index is 736. The molecule has 2 fully saturated rings. The summed E-state index contributed by atoms with van der Waals surface area (Å²) in [6, 6.07) is 9.87. The largest absolute Gasteiger partial charge is 0.497 e. The lowest BCUT2D eigenvalue weighted by Crippen LogP contribution is -2.39. The molecule has 1 aromatic carbocycles. The van der Waals surface area contributed by atoms with Crippen molar-refractivity contribution in [3.63, 3.8) is 0 Å². The molecule has 2 heterocycles. The van der Waals surface area contributed by atoms with E-state index in [2.05, 4.69) is 16.0 Å². The normalized spacial score (nSPS) is 20.9. The molecule has 126 valence electrons. The molecule has 6 heteroatoms. The van der Waals surface area contributed by atoms with Crippen LogP contribution in [-0.4, -0.2) is 36.8 Å². The Balaban J connectivity index is 1.56. The van der Waals surface area contributed by atoms with Gasteiger partial charge in [0.2, 0.25) is 0 Å². The highest BCUT2D eigenvalue weighted by atomic mass is 35.5. The molecule has 5 nitrogen and oxygen atoms in total. The van der Waals surface area contributed by atoms with Crippen molar-refractivity contribution in [3.8, 4) is 5.75 Å². The van der Waals surface area contributed by atoms with Crippen LogP contribution in [0.15, 0.2) is 30.3 Å². The minimum atomic E-state index is -0.00744. The molecular formula is C18H20ClN3O2. The molecule has 24 heavy (non-hydrogen) atoms. The smallest absolute Gasteiger partial charge is 0.135 e. The highest BCUT2D eigenvalue weighted by Crippen LogP contribution is 2.39. The van der Waals surface area contributed by atoms with Crippen molar-refractivity contribution in [2.24, 2.45) is 0 Å². The summed E-state index contributed by atoms with van der Waals surface area (Å²) in [4.78, 5) is 11.3. The SMILES string of the molecule is COc1cccc(C2CN(c3cc(Cl)nc(C4CC4)n3)CCO2)c1. The second-order valence-electron chi connectivity index (χ2n) is 6.26. The fraction of sp³-hybridized carbons (Fsp3) is 0.444. The lowest BCUT2D eigenvalue weighted by atomic mass is 10.1. The summed E-state index contributed by atoms with van der Waals surface area (Å²) in [6.45, 7) is 2.20. The van der Waals surface area contributed by atoms with Crippen molar-refractivity contribution in [1.29, 1.82) is 0 Å². The van der Waals surface area contributed by atoms with Crippen molar-refractivity contribution >= 4 is 17.4 Å². The molecule has 1 unspecified atom stereocenters. The predicted molar refractivity (Wildman–Crippen MR) is 92.9 cm³/mol. The van der Waals surface area contributed by atoms with Gasteiger partial charge in [-0.3, -0.25) is 0 Å². The number of hydrogen-bond acceptors (Lipinski definition) is 5. The molecular weight excluding hydrogens is 326 g/mol. The van der Waals surface area contributed by atoms with Gasteiger partial charge in [0.1, 0.15) is 28.6 Å². The van der Waals surface area contributed by atoms with Crippen molar-refractivity contribution in [3.05, 3.63) is 46.9 Å². The summed E-state index contributed by atoms with van der Waals surface area (Å²) in [5, 5.41) is 0.520. The molecule has 4 rings (SSSR count). The van der Waals surface area contributed by atoms with Crippen LogP contribution in [0.1, 0.15) is 36.3 Å². The van der Waals surface area contributed by atoms with Crippen molar-refractivity contribution in [2.45, 2.75) is 24.9 Å². The van der Waals surface area contributed by atoms with Crippen LogP contribution in [0.4, 0.5) is 5.82 Å². The van der Waals surface area contributed by atoms with Crippen LogP contribution in [0.2, 0.25) is 5.15 Å². The number of rotatable bonds is 4. The van der Waals surface area contributed by atoms with Crippen LogP contribution in [-0.2, 0) is 4.74 Å². The Morgan fingerprint density at radius 2 is 2.12 bits per heavy atom. The van der Waals surface area contributed by atoms with E-state index in [-0.39, 0.29) is 6.10 Å². The first-order valence-corrected chi connectivity index (χ1v) is 8.65. The first kappa shape index (κ1) is 15.7. The van der Waals surface area contributed by atoms with E-state index in [4.69, 9.17) is 26.1 Å². The van der Waals surface area contributed by atoms with Gasteiger partial charge in [0, 0.05) is 25.1 Å². The molecule has 1 aromatic heterocycles. The van der Waals surface area contributed by atoms with Crippen molar-refractivity contribution < 1.29 is 9.47 Å². The number of methoxy groups -OCH3 is 1. The van der Waals surface area contributed by atoms with E-state index >= 15 is 0 Å². The summed E-state index contributed by atoms with van der Waals surface area (Å²) in [5.41, 5.74) is 1.11. The fourth-order valence-electron chi connectivity index (χ4n) is 3.01. The second kappa shape index (κ2) is 6.57. The third-order valence-electron chi connectivity index (χ3n) is 4.50. The summed E-state index contributed by atoms with van der Waals surface area (Å²) in [5.74, 6) is 3.10. The van der Waals surface area contributed by atoms with E-state index in [0.717, 1.165) is 48.9 Å². The van der Waals surface area contributed by atoms with Gasteiger partial charge in [-0.25, -0.2) is 9.97 Å². The maximum absolute atomic E-state index is 6.21. The molecule has 0 bridgehead atoms. The number of nitrogens with zero attached hydrogens (tertiary/aromatic N) is 3. The number of aromatic nitrogens is 2. The second-order valence-corrected chi connectivity index (χ2v) is 6.65. The molecule has 1 atom stereocenters. The van der Waals surface area contributed by atoms with Crippen LogP contribution in [0.25, 0.3) is 0 Å². The highest BCUT2D eigenvalue weighted by Gasteiger charge is 2.29. The van der Waals surface area contributed by atoms with Crippen LogP contribution in [0.3, 0.4) is 0 Å². The minimum Gasteiger partial charge on any atom is -0.497 e. The predicted octanol–water partition coefficient (Wildman–Crippen LogP) is 3.59. The standard InChI is InChI=1S/C18H20ClN3O2/c1-23-14-4-2-3-13(9-14)15-11-22(7-8-24-15)17-10-16(19)20-18(21-17)12-5-6-12/h2-4,9-10,12,15H,5-8,11H2,1H3. The monoisotopic (exact) mass is 345 g/mol. The van der Waals surface area contributed by atoms with Crippen LogP contribution < -0.4 is 9.64 Å². The molecule has 0 spiro atoms. The highest BCUT2D eigenvalue weighted by molar-refractivity contribution is 6.29. The van der Waals surface area contributed by atoms with E-state index in [1.807, 2.05) is 24.3 Å². The molecule has 1 saturated heterocycles. The fourth-order valence-corrected chi connectivity index (χ4v) is 3.19. The average Bonchev–Trinajstić information content (AvgIpc) is 3.46. The molecule has 1 aliphatic heterocycles. The van der Waals surface area contributed by atoms with Gasteiger partial charge in [0.25, 0.3) is 0 Å². The lowest BCUT2D eigenvalue weighted by Gasteiger charge is -2.34. The zero-order chi connectivity index (χ0) is 16.5. The van der Waals surface area contributed by atoms with Crippen LogP contribution in [0.5, 0.6) is 5.75 Å². The average molecular weight is 346 g/mol. The molecule has 0 N–H and O–H groups in total. The van der Waals surface area contributed by atoms with E-state index in [1.165, 1.54) is 0 Å². The maximum Gasteiger partial charge on any atom is 0.135 e. The Morgan fingerprint density at radius 3 is 2.92 bits per heavy atom. The molecule has 1 aliphatic carbocycles. The quantitative estimate of drug-likeness (QED) is 0.792. The topological polar surface area (TPSA) is 47.5 Å². The number of anilines is 1. The molecule has 1 saturated carbocycles. The maximum atomic E-state index is 6.21. The Kier molecular flexibility index (Phi) is 4.29. The van der Waals surface area contributed by atoms with Gasteiger partial charge in [-0.1, -0.05) is 23.7 Å². The van der Waals surface area contributed by atoms with Gasteiger partial charge < -0.3 is 14.4 Å². The van der Waals surface area contributed by atoms with Gasteiger partial charge >= 0.3 is 0 Å². The Hall–Kier alpha value is -1.85. The number of benzene rings is 1. The lowest BCUT2D eigenvalue weighted by molar-refractivity contribution is 0.0394. The van der Waals surface area contributed by atoms with E-state index in [0.29, 0.717) is 17.7 Å². The third-order valence-corrected chi connectivity index (χ3v) is 4.69. The minimum absolute atomic E-state index is 0.00744. The molecule has 2 aromatic rings. The summed E-state index contributed by atoms with van der Waals surface area (Å²) in [6.07, 6.45) is 2.32. The number of halogens is 1. The van der Waals surface area contributed by atoms with Gasteiger partial charge in [-0.15, -0.1) is 0 Å². The van der Waals surface area contributed by atoms with Gasteiger partial charge in [-0.2, -0.15) is 0 Å². The first-order valence-electron chi connectivity index (χ1n) is 8.28. The zero-order valence-corrected chi connectivity index (χ0v) is 14.4. The summed E-state index contributed by atoms with van der Waals surface area (Å²) in [7, 11) is 1.68. The van der Waals surface area contributed by atoms with Crippen LogP contribution in [0, 0.1) is 0 Å². The van der Waals surface area contributed by atoms with E-state index < -0.39 is 0 Å². The van der Waals surface area contributed by atoms with Crippen molar-refractivity contribution in [2.75, 3.05) is 31.7 Å². The van der Waals surface area contributed by atoms with E-state index in [9.17, 15) is 0 Å². The van der Waals surface area contributed by atoms with Gasteiger partial charge in [0.05, 0.1) is 13.7 Å². The Labute approximate surface area is 146 Å². The van der Waals surface area contributed by atoms with Crippen molar-refractivity contribution in [1.82, 2.24) is 9.97 Å². The number of hydrogen-bond donors (Lipinski definition) is 0. The molecule has 2 aliphatic rings. The van der Waals surface area contributed by atoms with Crippen LogP contribution >= 0.6 is 11.6 Å². The third kappa shape index (κ3) is 3.32. The summed E-state index contributed by atoms with van der Waals surface area (Å²) >= 11 is 6.21. The zero-order valence-electron chi connectivity index (χ0n) is 13.6. The summed E-state index contributed by atoms with van der Waals surface area (Å²) < 4.78 is 11.3. The molecule has 0 amide bonds. The van der Waals surface area contributed by atoms with E-state index in [1.54, 1.807) is 7.11 Å². The first-order chi connectivity index (χ1) is 11.7. The number of ether oxygens (including phenoxy) is 2.